The summed E-state index contributed by atoms with van der Waals surface area (Å²) >= 11 is 0. The van der Waals surface area contributed by atoms with E-state index in [2.05, 4.69) is 140 Å². The van der Waals surface area contributed by atoms with Crippen LogP contribution in [-0.4, -0.2) is 36.5 Å². The molecule has 3 nitrogen and oxygen atoms in total. The van der Waals surface area contributed by atoms with Crippen LogP contribution in [0.3, 0.4) is 0 Å². The number of methoxy groups -OCH3 is 1. The standard InChI is InChI=1S/C41H60O3Si2/c1-30(29-43-45(9,10)40(2,3)4)24-25-35-36-26-31-18-17-23-38(42-8)37(31)27-32(36)28-39(35)44-46(41(5,6)7,33-19-13-11-14-20-33)34-21-15-12-16-22-34/h11-23,30,32,35-36,39H,24-29H2,1-10H3/t30-,32+,35-,36+,39-/m1/s1. The maximum Gasteiger partial charge on any atom is 0.261 e. The number of ether oxygens (including phenoxy) is 1. The Morgan fingerprint density at radius 1 is 0.783 bits per heavy atom. The number of benzene rings is 3. The molecule has 1 fully saturated rings. The lowest BCUT2D eigenvalue weighted by Crippen LogP contribution is -2.68. The minimum absolute atomic E-state index is 0.0372. The highest BCUT2D eigenvalue weighted by molar-refractivity contribution is 6.99. The van der Waals surface area contributed by atoms with Gasteiger partial charge in [0, 0.05) is 12.7 Å². The zero-order valence-electron chi connectivity index (χ0n) is 30.4. The molecule has 0 bridgehead atoms. The average molecular weight is 657 g/mol. The molecule has 5 atom stereocenters. The fourth-order valence-electron chi connectivity index (χ4n) is 8.15. The quantitative estimate of drug-likeness (QED) is 0.193. The Morgan fingerprint density at radius 3 is 1.93 bits per heavy atom. The van der Waals surface area contributed by atoms with Crippen molar-refractivity contribution >= 4 is 27.0 Å². The van der Waals surface area contributed by atoms with Crippen LogP contribution in [0.1, 0.15) is 78.9 Å². The Bertz CT molecular complexity index is 1380. The third-order valence-corrected chi connectivity index (χ3v) is 21.4. The van der Waals surface area contributed by atoms with Crippen molar-refractivity contribution in [3.63, 3.8) is 0 Å². The summed E-state index contributed by atoms with van der Waals surface area (Å²) in [6, 6.07) is 29.1. The minimum Gasteiger partial charge on any atom is -0.496 e. The van der Waals surface area contributed by atoms with E-state index in [1.807, 2.05) is 7.11 Å². The van der Waals surface area contributed by atoms with Gasteiger partial charge in [-0.25, -0.2) is 0 Å². The molecule has 3 aromatic carbocycles. The normalized spacial score (nSPS) is 22.7. The Kier molecular flexibility index (Phi) is 10.5. The highest BCUT2D eigenvalue weighted by Gasteiger charge is 2.55. The summed E-state index contributed by atoms with van der Waals surface area (Å²) in [4.78, 5) is 0. The van der Waals surface area contributed by atoms with Crippen molar-refractivity contribution < 1.29 is 13.6 Å². The molecule has 0 spiro atoms. The van der Waals surface area contributed by atoms with Crippen molar-refractivity contribution in [3.05, 3.63) is 90.0 Å². The van der Waals surface area contributed by atoms with E-state index in [0.717, 1.165) is 31.6 Å². The van der Waals surface area contributed by atoms with Crippen LogP contribution in [0.4, 0.5) is 0 Å². The first-order valence-electron chi connectivity index (χ1n) is 17.8. The summed E-state index contributed by atoms with van der Waals surface area (Å²) in [5, 5.41) is 2.95. The molecule has 5 heteroatoms. The van der Waals surface area contributed by atoms with E-state index in [0.29, 0.717) is 23.7 Å². The number of hydrogen-bond acceptors (Lipinski definition) is 3. The van der Waals surface area contributed by atoms with Crippen LogP contribution in [0.5, 0.6) is 5.75 Å². The van der Waals surface area contributed by atoms with Gasteiger partial charge >= 0.3 is 0 Å². The highest BCUT2D eigenvalue weighted by atomic mass is 28.4. The van der Waals surface area contributed by atoms with Crippen molar-refractivity contribution in [2.24, 2.45) is 23.7 Å². The highest BCUT2D eigenvalue weighted by Crippen LogP contribution is 2.51. The molecule has 2 aliphatic rings. The summed E-state index contributed by atoms with van der Waals surface area (Å²) in [5.41, 5.74) is 2.90. The van der Waals surface area contributed by atoms with Gasteiger partial charge in [-0.1, -0.05) is 121 Å². The smallest absolute Gasteiger partial charge is 0.261 e. The Balaban J connectivity index is 1.49. The van der Waals surface area contributed by atoms with Crippen LogP contribution in [0.2, 0.25) is 23.2 Å². The predicted octanol–water partition coefficient (Wildman–Crippen LogP) is 9.43. The minimum atomic E-state index is -2.68. The molecule has 0 radical (unpaired) electrons. The molecule has 2 aliphatic carbocycles. The van der Waals surface area contributed by atoms with Gasteiger partial charge in [0.25, 0.3) is 8.32 Å². The van der Waals surface area contributed by atoms with Gasteiger partial charge in [-0.15, -0.1) is 0 Å². The fraction of sp³-hybridized carbons (Fsp3) is 0.561. The topological polar surface area (TPSA) is 27.7 Å². The van der Waals surface area contributed by atoms with Gasteiger partial charge in [0.05, 0.1) is 7.11 Å². The molecule has 1 saturated carbocycles. The van der Waals surface area contributed by atoms with Crippen LogP contribution >= 0.6 is 0 Å². The molecular formula is C41H60O3Si2. The lowest BCUT2D eigenvalue weighted by molar-refractivity contribution is 0.115. The Labute approximate surface area is 282 Å². The zero-order chi connectivity index (χ0) is 33.3. The maximum atomic E-state index is 7.97. The van der Waals surface area contributed by atoms with Crippen molar-refractivity contribution in [1.82, 2.24) is 0 Å². The van der Waals surface area contributed by atoms with E-state index in [9.17, 15) is 0 Å². The van der Waals surface area contributed by atoms with Crippen molar-refractivity contribution in [2.75, 3.05) is 13.7 Å². The molecule has 0 aromatic heterocycles. The molecule has 0 unspecified atom stereocenters. The van der Waals surface area contributed by atoms with Gasteiger partial charge in [-0.2, -0.15) is 0 Å². The average Bonchev–Trinajstić information content (AvgIpc) is 3.35. The van der Waals surface area contributed by atoms with Gasteiger partial charge in [0.15, 0.2) is 8.32 Å². The first-order valence-corrected chi connectivity index (χ1v) is 22.6. The second-order valence-corrected chi connectivity index (χ2v) is 26.0. The maximum absolute atomic E-state index is 7.97. The van der Waals surface area contributed by atoms with Crippen LogP contribution in [-0.2, 0) is 21.7 Å². The second kappa shape index (κ2) is 13.7. The largest absolute Gasteiger partial charge is 0.496 e. The number of rotatable bonds is 11. The van der Waals surface area contributed by atoms with Crippen molar-refractivity contribution in [3.8, 4) is 5.75 Å². The molecule has 0 amide bonds. The lowest BCUT2D eigenvalue weighted by atomic mass is 9.73. The van der Waals surface area contributed by atoms with E-state index in [1.165, 1.54) is 34.3 Å². The van der Waals surface area contributed by atoms with Crippen LogP contribution in [0, 0.1) is 23.7 Å². The van der Waals surface area contributed by atoms with E-state index < -0.39 is 16.6 Å². The molecule has 0 aliphatic heterocycles. The van der Waals surface area contributed by atoms with Gasteiger partial charge in [-0.05, 0) is 107 Å². The van der Waals surface area contributed by atoms with E-state index in [-0.39, 0.29) is 16.2 Å². The molecule has 0 heterocycles. The zero-order valence-corrected chi connectivity index (χ0v) is 32.4. The van der Waals surface area contributed by atoms with E-state index >= 15 is 0 Å². The van der Waals surface area contributed by atoms with Gasteiger partial charge in [0.1, 0.15) is 5.75 Å². The van der Waals surface area contributed by atoms with Crippen molar-refractivity contribution in [2.45, 2.75) is 110 Å². The third-order valence-electron chi connectivity index (χ3n) is 11.8. The molecule has 5 rings (SSSR count). The van der Waals surface area contributed by atoms with E-state index in [4.69, 9.17) is 13.6 Å². The summed E-state index contributed by atoms with van der Waals surface area (Å²) in [7, 11) is -2.64. The van der Waals surface area contributed by atoms with Crippen LogP contribution < -0.4 is 15.1 Å². The molecule has 46 heavy (non-hydrogen) atoms. The number of hydrogen-bond donors (Lipinski definition) is 0. The summed E-state index contributed by atoms with van der Waals surface area (Å²) in [5.74, 6) is 3.33. The van der Waals surface area contributed by atoms with Gasteiger partial charge < -0.3 is 13.6 Å². The monoisotopic (exact) mass is 656 g/mol. The summed E-state index contributed by atoms with van der Waals surface area (Å²) < 4.78 is 20.6. The Hall–Kier alpha value is -2.19. The molecule has 3 aromatic rings. The summed E-state index contributed by atoms with van der Waals surface area (Å²) in [6.45, 7) is 22.3. The lowest BCUT2D eigenvalue weighted by Gasteiger charge is -2.46. The number of fused-ring (bicyclic) bond motifs is 2. The van der Waals surface area contributed by atoms with Gasteiger partial charge in [0.2, 0.25) is 0 Å². The first kappa shape index (κ1) is 35.1. The fourth-order valence-corrected chi connectivity index (χ4v) is 14.0. The molecular weight excluding hydrogens is 597 g/mol. The van der Waals surface area contributed by atoms with Crippen LogP contribution in [0.15, 0.2) is 78.9 Å². The third kappa shape index (κ3) is 6.99. The molecule has 0 saturated heterocycles. The first-order chi connectivity index (χ1) is 21.7. The second-order valence-electron chi connectivity index (χ2n) is 16.9. The predicted molar refractivity (Wildman–Crippen MR) is 200 cm³/mol. The van der Waals surface area contributed by atoms with E-state index in [1.54, 1.807) is 0 Å². The molecule has 250 valence electrons. The summed E-state index contributed by atoms with van der Waals surface area (Å²) in [6.07, 6.45) is 5.91. The molecule has 0 N–H and O–H groups in total. The van der Waals surface area contributed by atoms with Gasteiger partial charge in [-0.3, -0.25) is 0 Å². The Morgan fingerprint density at radius 2 is 1.39 bits per heavy atom. The van der Waals surface area contributed by atoms with Crippen molar-refractivity contribution in [1.29, 1.82) is 0 Å². The van der Waals surface area contributed by atoms with Crippen LogP contribution in [0.25, 0.3) is 0 Å². The SMILES string of the molecule is COc1cccc2c1C[C@H]1C[C@@H](O[Si](c3ccccc3)(c3ccccc3)C(C)(C)C)[C@H](CC[C@@H](C)CO[Si](C)(C)C(C)(C)C)[C@H]1C2.